The van der Waals surface area contributed by atoms with Gasteiger partial charge in [-0.1, -0.05) is 13.0 Å². The maximum atomic E-state index is 13.2. The quantitative estimate of drug-likeness (QED) is 0.592. The maximum absolute atomic E-state index is 13.2. The lowest BCUT2D eigenvalue weighted by Gasteiger charge is -2.15. The van der Waals surface area contributed by atoms with Crippen LogP contribution in [0.5, 0.6) is 0 Å². The summed E-state index contributed by atoms with van der Waals surface area (Å²) in [5.74, 6) is -0.325. The molecule has 0 saturated heterocycles. The first-order chi connectivity index (χ1) is 6.65. The average Bonchev–Trinajstić information content (AvgIpc) is 2.16. The van der Waals surface area contributed by atoms with Crippen LogP contribution < -0.4 is 5.73 Å². The Bertz CT molecular complexity index is 284. The summed E-state index contributed by atoms with van der Waals surface area (Å²) in [6.45, 7) is 2.86. The van der Waals surface area contributed by atoms with E-state index < -0.39 is 0 Å². The van der Waals surface area contributed by atoms with Gasteiger partial charge in [-0.05, 0) is 12.1 Å². The molecule has 1 aromatic rings. The van der Waals surface area contributed by atoms with Gasteiger partial charge in [0.15, 0.2) is 0 Å². The molecule has 0 aliphatic carbocycles. The minimum Gasteiger partial charge on any atom is -0.398 e. The fraction of sp³-hybridized carbons (Fsp3) is 0.400. The van der Waals surface area contributed by atoms with Crippen LogP contribution >= 0.6 is 0 Å². The third-order valence-electron chi connectivity index (χ3n) is 2.03. The number of anilines is 1. The second-order valence-electron chi connectivity index (χ2n) is 3.03. The predicted octanol–water partition coefficient (Wildman–Crippen LogP) is 1.79. The Morgan fingerprint density at radius 2 is 2.21 bits per heavy atom. The minimum atomic E-state index is -0.325. The lowest BCUT2D eigenvalue weighted by molar-refractivity contribution is -0.147. The van der Waals surface area contributed by atoms with Crippen LogP contribution in [0.15, 0.2) is 18.2 Å². The summed E-state index contributed by atoms with van der Waals surface area (Å²) >= 11 is 0. The molecule has 14 heavy (non-hydrogen) atoms. The van der Waals surface area contributed by atoms with Gasteiger partial charge in [-0.2, -0.15) is 5.06 Å². The van der Waals surface area contributed by atoms with Crippen molar-refractivity contribution in [1.82, 2.24) is 5.06 Å². The molecule has 2 N–H and O–H groups in total. The van der Waals surface area contributed by atoms with Crippen molar-refractivity contribution in [1.29, 1.82) is 0 Å². The Morgan fingerprint density at radius 3 is 2.79 bits per heavy atom. The number of benzene rings is 1. The number of nitrogens with two attached hydrogens (primary N) is 1. The highest BCUT2D eigenvalue weighted by Gasteiger charge is 2.06. The van der Waals surface area contributed by atoms with Crippen molar-refractivity contribution in [2.24, 2.45) is 0 Å². The highest BCUT2D eigenvalue weighted by atomic mass is 19.1. The van der Waals surface area contributed by atoms with E-state index in [-0.39, 0.29) is 12.4 Å². The maximum Gasteiger partial charge on any atom is 0.130 e. The van der Waals surface area contributed by atoms with Gasteiger partial charge in [-0.25, -0.2) is 4.39 Å². The van der Waals surface area contributed by atoms with E-state index in [0.29, 0.717) is 11.3 Å². The molecule has 0 radical (unpaired) electrons. The molecule has 0 aromatic heterocycles. The molecule has 3 nitrogen and oxygen atoms in total. The van der Waals surface area contributed by atoms with Gasteiger partial charge in [0.1, 0.15) is 5.82 Å². The largest absolute Gasteiger partial charge is 0.398 e. The van der Waals surface area contributed by atoms with E-state index in [2.05, 4.69) is 0 Å². The molecule has 78 valence electrons. The first-order valence-electron chi connectivity index (χ1n) is 4.52. The number of hydroxylamine groups is 2. The standard InChI is InChI=1S/C10H15FN2O/c1-3-13(2)14-7-8-9(11)5-4-6-10(8)12/h4-6H,3,7,12H2,1-2H3. The Kier molecular flexibility index (Phi) is 3.85. The van der Waals surface area contributed by atoms with E-state index in [1.807, 2.05) is 6.92 Å². The van der Waals surface area contributed by atoms with Crippen LogP contribution in [0, 0.1) is 5.82 Å². The summed E-state index contributed by atoms with van der Waals surface area (Å²) in [4.78, 5) is 5.25. The molecular formula is C10H15FN2O. The molecule has 0 saturated carbocycles. The lowest BCUT2D eigenvalue weighted by atomic mass is 10.2. The Labute approximate surface area is 83.2 Å². The average molecular weight is 198 g/mol. The minimum absolute atomic E-state index is 0.169. The summed E-state index contributed by atoms with van der Waals surface area (Å²) in [5, 5.41) is 1.63. The van der Waals surface area contributed by atoms with Crippen molar-refractivity contribution in [2.75, 3.05) is 19.3 Å². The summed E-state index contributed by atoms with van der Waals surface area (Å²) in [6.07, 6.45) is 0. The zero-order chi connectivity index (χ0) is 10.6. The topological polar surface area (TPSA) is 38.5 Å². The van der Waals surface area contributed by atoms with Crippen molar-refractivity contribution in [2.45, 2.75) is 13.5 Å². The number of nitrogen functional groups attached to an aromatic ring is 1. The van der Waals surface area contributed by atoms with E-state index in [1.54, 1.807) is 24.2 Å². The number of nitrogens with zero attached hydrogens (tertiary/aromatic N) is 1. The molecule has 1 aromatic carbocycles. The van der Waals surface area contributed by atoms with E-state index in [4.69, 9.17) is 10.6 Å². The number of rotatable bonds is 4. The van der Waals surface area contributed by atoms with Crippen molar-refractivity contribution >= 4 is 5.69 Å². The monoisotopic (exact) mass is 198 g/mol. The van der Waals surface area contributed by atoms with Gasteiger partial charge >= 0.3 is 0 Å². The molecule has 0 atom stereocenters. The van der Waals surface area contributed by atoms with Gasteiger partial charge in [-0.3, -0.25) is 4.84 Å². The van der Waals surface area contributed by atoms with Crippen molar-refractivity contribution in [3.8, 4) is 0 Å². The van der Waals surface area contributed by atoms with Crippen LogP contribution in [-0.4, -0.2) is 18.7 Å². The SMILES string of the molecule is CCN(C)OCc1c(N)cccc1F. The van der Waals surface area contributed by atoms with Crippen molar-refractivity contribution in [3.05, 3.63) is 29.6 Å². The van der Waals surface area contributed by atoms with Gasteiger partial charge in [-0.15, -0.1) is 0 Å². The molecule has 1 rings (SSSR count). The Hall–Kier alpha value is -1.13. The third kappa shape index (κ3) is 2.68. The number of hydrogen-bond acceptors (Lipinski definition) is 3. The van der Waals surface area contributed by atoms with Gasteiger partial charge in [0.2, 0.25) is 0 Å². The summed E-state index contributed by atoms with van der Waals surface area (Å²) in [5.41, 5.74) is 6.45. The van der Waals surface area contributed by atoms with Gasteiger partial charge in [0.05, 0.1) is 6.61 Å². The zero-order valence-electron chi connectivity index (χ0n) is 8.46. The smallest absolute Gasteiger partial charge is 0.130 e. The molecule has 0 spiro atoms. The van der Waals surface area contributed by atoms with Gasteiger partial charge in [0.25, 0.3) is 0 Å². The summed E-state index contributed by atoms with van der Waals surface area (Å²) in [7, 11) is 1.79. The van der Waals surface area contributed by atoms with Crippen LogP contribution in [-0.2, 0) is 11.4 Å². The highest BCUT2D eigenvalue weighted by molar-refractivity contribution is 5.46. The fourth-order valence-electron chi connectivity index (χ4n) is 0.994. The van der Waals surface area contributed by atoms with Gasteiger partial charge in [0, 0.05) is 24.8 Å². The highest BCUT2D eigenvalue weighted by Crippen LogP contribution is 2.16. The molecular weight excluding hydrogens is 183 g/mol. The van der Waals surface area contributed by atoms with Crippen LogP contribution in [0.2, 0.25) is 0 Å². The van der Waals surface area contributed by atoms with Crippen LogP contribution in [0.3, 0.4) is 0 Å². The van der Waals surface area contributed by atoms with Crippen LogP contribution in [0.25, 0.3) is 0 Å². The molecule has 0 fully saturated rings. The number of halogens is 1. The molecule has 0 amide bonds. The number of hydrogen-bond donors (Lipinski definition) is 1. The van der Waals surface area contributed by atoms with E-state index in [9.17, 15) is 4.39 Å². The molecule has 0 aliphatic heterocycles. The van der Waals surface area contributed by atoms with E-state index in [0.717, 1.165) is 6.54 Å². The summed E-state index contributed by atoms with van der Waals surface area (Å²) < 4.78 is 13.2. The normalized spacial score (nSPS) is 10.9. The van der Waals surface area contributed by atoms with Crippen LogP contribution in [0.4, 0.5) is 10.1 Å². The fourth-order valence-corrected chi connectivity index (χ4v) is 0.994. The van der Waals surface area contributed by atoms with Crippen molar-refractivity contribution in [3.63, 3.8) is 0 Å². The second kappa shape index (κ2) is 4.93. The molecule has 0 unspecified atom stereocenters. The summed E-state index contributed by atoms with van der Waals surface area (Å²) in [6, 6.07) is 4.62. The molecule has 4 heteroatoms. The first kappa shape index (κ1) is 10.9. The second-order valence-corrected chi connectivity index (χ2v) is 3.03. The Balaban J connectivity index is 2.66. The first-order valence-corrected chi connectivity index (χ1v) is 4.52. The lowest BCUT2D eigenvalue weighted by Crippen LogP contribution is -2.18. The van der Waals surface area contributed by atoms with Crippen molar-refractivity contribution < 1.29 is 9.23 Å². The van der Waals surface area contributed by atoms with Crippen LogP contribution in [0.1, 0.15) is 12.5 Å². The zero-order valence-corrected chi connectivity index (χ0v) is 8.46. The molecule has 0 heterocycles. The third-order valence-corrected chi connectivity index (χ3v) is 2.03. The van der Waals surface area contributed by atoms with E-state index >= 15 is 0 Å². The Morgan fingerprint density at radius 1 is 1.50 bits per heavy atom. The van der Waals surface area contributed by atoms with Gasteiger partial charge < -0.3 is 5.73 Å². The molecule has 0 bridgehead atoms. The van der Waals surface area contributed by atoms with E-state index in [1.165, 1.54) is 6.07 Å². The predicted molar refractivity (Wildman–Crippen MR) is 53.9 cm³/mol. The molecule has 0 aliphatic rings.